The molecule has 2 aromatic heterocycles. The Morgan fingerprint density at radius 3 is 2.44 bits per heavy atom. The lowest BCUT2D eigenvalue weighted by Gasteiger charge is -2.17. The second kappa shape index (κ2) is 8.39. The van der Waals surface area contributed by atoms with Gasteiger partial charge >= 0.3 is 0 Å². The van der Waals surface area contributed by atoms with Gasteiger partial charge in [-0.15, -0.1) is 0 Å². The van der Waals surface area contributed by atoms with Crippen LogP contribution in [0, 0.1) is 0 Å². The molecule has 36 heavy (non-hydrogen) atoms. The summed E-state index contributed by atoms with van der Waals surface area (Å²) in [6, 6.07) is 16.5. The maximum Gasteiger partial charge on any atom is 0.220 e. The molecule has 0 saturated carbocycles. The average molecular weight is 481 g/mol. The van der Waals surface area contributed by atoms with Crippen LogP contribution in [0.2, 0.25) is 0 Å². The fourth-order valence-electron chi connectivity index (χ4n) is 5.32. The van der Waals surface area contributed by atoms with Crippen LogP contribution >= 0.6 is 0 Å². The first-order valence-electron chi connectivity index (χ1n) is 11.6. The Bertz CT molecular complexity index is 1810. The number of fused-ring (bicyclic) bond motifs is 6. The highest BCUT2D eigenvalue weighted by Crippen LogP contribution is 2.43. The largest absolute Gasteiger partial charge is 0.495 e. The van der Waals surface area contributed by atoms with E-state index in [4.69, 9.17) is 14.2 Å². The number of benzene rings is 4. The topological polar surface area (TPSA) is 80.5 Å². The van der Waals surface area contributed by atoms with Crippen molar-refractivity contribution in [3.05, 3.63) is 66.6 Å². The lowest BCUT2D eigenvalue weighted by Crippen LogP contribution is -2.29. The van der Waals surface area contributed by atoms with Crippen LogP contribution in [-0.4, -0.2) is 36.4 Å². The number of nitrogens with zero attached hydrogens (tertiary/aromatic N) is 2. The van der Waals surface area contributed by atoms with Gasteiger partial charge in [0.2, 0.25) is 5.52 Å². The van der Waals surface area contributed by atoms with Gasteiger partial charge in [0.05, 0.1) is 61.5 Å². The number of aryl methyl sites for hydroxylation is 1. The fourth-order valence-corrected chi connectivity index (χ4v) is 5.32. The van der Waals surface area contributed by atoms with Crippen LogP contribution in [0.5, 0.6) is 17.2 Å². The molecule has 0 aliphatic rings. The summed E-state index contributed by atoms with van der Waals surface area (Å²) in [7, 11) is 6.96. The highest BCUT2D eigenvalue weighted by Gasteiger charge is 2.23. The molecule has 0 unspecified atom stereocenters. The number of ether oxygens (including phenoxy) is 3. The number of H-pyrrole nitrogens is 1. The maximum absolute atomic E-state index is 10.2. The van der Waals surface area contributed by atoms with E-state index >= 15 is 0 Å². The predicted octanol–water partition coefficient (Wildman–Crippen LogP) is 5.03. The molecule has 0 amide bonds. The van der Waals surface area contributed by atoms with Gasteiger partial charge in [0, 0.05) is 10.9 Å². The molecule has 7 nitrogen and oxygen atoms in total. The molecule has 2 N–H and O–H groups in total. The Labute approximate surface area is 207 Å². The zero-order chi connectivity index (χ0) is 25.0. The third-order valence-corrected chi connectivity index (χ3v) is 6.94. The van der Waals surface area contributed by atoms with Gasteiger partial charge in [-0.3, -0.25) is 0 Å². The van der Waals surface area contributed by atoms with E-state index in [9.17, 15) is 5.11 Å². The first-order valence-corrected chi connectivity index (χ1v) is 11.6. The number of aliphatic hydroxyl groups is 1. The number of rotatable bonds is 5. The number of aliphatic hydroxyl groups excluding tert-OH is 1. The van der Waals surface area contributed by atoms with Crippen LogP contribution in [0.4, 0.5) is 0 Å². The van der Waals surface area contributed by atoms with E-state index in [1.54, 1.807) is 27.7 Å². The third-order valence-electron chi connectivity index (χ3n) is 6.94. The van der Waals surface area contributed by atoms with Crippen LogP contribution in [0.25, 0.3) is 54.6 Å². The Balaban J connectivity index is 1.80. The molecule has 0 aliphatic heterocycles. The van der Waals surface area contributed by atoms with Crippen molar-refractivity contribution >= 4 is 43.5 Å². The number of methoxy groups -OCH3 is 3. The maximum atomic E-state index is 10.2. The summed E-state index contributed by atoms with van der Waals surface area (Å²) in [5, 5.41) is 15.4. The summed E-state index contributed by atoms with van der Waals surface area (Å²) in [6.07, 6.45) is 3.77. The third kappa shape index (κ3) is 3.17. The van der Waals surface area contributed by atoms with E-state index in [0.29, 0.717) is 17.2 Å². The fraction of sp³-hybridized carbons (Fsp3) is 0.172. The van der Waals surface area contributed by atoms with Gasteiger partial charge in [-0.2, -0.15) is 4.57 Å². The average Bonchev–Trinajstić information content (AvgIpc) is 3.38. The first-order chi connectivity index (χ1) is 17.6. The van der Waals surface area contributed by atoms with E-state index in [0.717, 1.165) is 60.2 Å². The monoisotopic (exact) mass is 480 g/mol. The van der Waals surface area contributed by atoms with Crippen molar-refractivity contribution in [1.29, 1.82) is 0 Å². The lowest BCUT2D eigenvalue weighted by atomic mass is 9.91. The molecule has 6 rings (SSSR count). The van der Waals surface area contributed by atoms with Crippen molar-refractivity contribution in [2.24, 2.45) is 7.05 Å². The molecule has 4 aromatic carbocycles. The molecular formula is C29H26N3O4+. The zero-order valence-electron chi connectivity index (χ0n) is 20.5. The van der Waals surface area contributed by atoms with Gasteiger partial charge in [0.1, 0.15) is 12.8 Å². The Morgan fingerprint density at radius 1 is 0.889 bits per heavy atom. The van der Waals surface area contributed by atoms with Crippen LogP contribution in [0.1, 0.15) is 5.56 Å². The summed E-state index contributed by atoms with van der Waals surface area (Å²) in [4.78, 5) is 7.57. The summed E-state index contributed by atoms with van der Waals surface area (Å²) >= 11 is 0. The standard InChI is InChI=1S/C29H26N3O4/c1-32-13-22-27(19-7-5-17-11-25(34-2)26(35-3)12-21(17)28(19)32)20(9-18(14-33)29(22)36-4)16-6-8-23-24(10-16)31-15-30-23/h5-13,15,33H,14H2,1-4H3,(H,30,31)/q+1. The number of pyridine rings is 1. The molecule has 0 radical (unpaired) electrons. The highest BCUT2D eigenvalue weighted by atomic mass is 16.5. The smallest absolute Gasteiger partial charge is 0.220 e. The van der Waals surface area contributed by atoms with Gasteiger partial charge in [-0.1, -0.05) is 12.1 Å². The van der Waals surface area contributed by atoms with Gasteiger partial charge in [-0.25, -0.2) is 4.98 Å². The Morgan fingerprint density at radius 2 is 1.69 bits per heavy atom. The first kappa shape index (κ1) is 22.1. The van der Waals surface area contributed by atoms with Crippen molar-refractivity contribution < 1.29 is 23.9 Å². The summed E-state index contributed by atoms with van der Waals surface area (Å²) in [5.74, 6) is 2.04. The molecule has 0 aliphatic carbocycles. The van der Waals surface area contributed by atoms with Gasteiger partial charge in [-0.05, 0) is 52.9 Å². The number of imidazole rings is 1. The Kier molecular flexibility index (Phi) is 5.16. The van der Waals surface area contributed by atoms with Crippen molar-refractivity contribution in [2.45, 2.75) is 6.61 Å². The van der Waals surface area contributed by atoms with E-state index in [1.165, 1.54) is 0 Å². The molecule has 0 atom stereocenters. The molecule has 0 fully saturated rings. The number of aromatic nitrogens is 3. The molecular weight excluding hydrogens is 454 g/mol. The van der Waals surface area contributed by atoms with Crippen LogP contribution in [0.15, 0.2) is 61.1 Å². The normalized spacial score (nSPS) is 11.6. The van der Waals surface area contributed by atoms with Crippen molar-refractivity contribution in [3.63, 3.8) is 0 Å². The highest BCUT2D eigenvalue weighted by molar-refractivity contribution is 6.19. The summed E-state index contributed by atoms with van der Waals surface area (Å²) < 4.78 is 19.1. The molecule has 0 bridgehead atoms. The second-order valence-corrected chi connectivity index (χ2v) is 8.83. The van der Waals surface area contributed by atoms with Crippen LogP contribution in [0.3, 0.4) is 0 Å². The lowest BCUT2D eigenvalue weighted by molar-refractivity contribution is -0.642. The van der Waals surface area contributed by atoms with Crippen molar-refractivity contribution in [2.75, 3.05) is 21.3 Å². The molecule has 0 spiro atoms. The van der Waals surface area contributed by atoms with E-state index < -0.39 is 0 Å². The number of nitrogens with one attached hydrogen (secondary N) is 1. The van der Waals surface area contributed by atoms with E-state index in [2.05, 4.69) is 45.0 Å². The van der Waals surface area contributed by atoms with Crippen LogP contribution in [-0.2, 0) is 13.7 Å². The number of hydrogen-bond acceptors (Lipinski definition) is 5. The molecule has 2 heterocycles. The quantitative estimate of drug-likeness (QED) is 0.267. The zero-order valence-corrected chi connectivity index (χ0v) is 20.5. The van der Waals surface area contributed by atoms with Gasteiger partial charge < -0.3 is 24.3 Å². The molecule has 6 aromatic rings. The molecule has 7 heteroatoms. The minimum atomic E-state index is -0.130. The summed E-state index contributed by atoms with van der Waals surface area (Å²) in [6.45, 7) is -0.130. The van der Waals surface area contributed by atoms with E-state index in [-0.39, 0.29) is 6.61 Å². The van der Waals surface area contributed by atoms with Gasteiger partial charge in [0.15, 0.2) is 17.7 Å². The minimum absolute atomic E-state index is 0.130. The summed E-state index contributed by atoms with van der Waals surface area (Å²) in [5.41, 5.74) is 5.69. The predicted molar refractivity (Wildman–Crippen MR) is 141 cm³/mol. The van der Waals surface area contributed by atoms with Gasteiger partial charge in [0.25, 0.3) is 0 Å². The number of aromatic amines is 1. The minimum Gasteiger partial charge on any atom is -0.495 e. The Hall–Kier alpha value is -4.36. The van der Waals surface area contributed by atoms with Crippen LogP contribution < -0.4 is 18.8 Å². The van der Waals surface area contributed by atoms with E-state index in [1.807, 2.05) is 31.3 Å². The molecule has 0 saturated heterocycles. The molecule has 180 valence electrons. The SMILES string of the molecule is COc1cc2ccc3c4c(-c5ccc6nc[nH]c6c5)cc(CO)c(OC)c4c[n+](C)c3c2cc1OC. The second-order valence-electron chi connectivity index (χ2n) is 8.83. The van der Waals surface area contributed by atoms with Crippen molar-refractivity contribution in [3.8, 4) is 28.4 Å². The number of hydrogen-bond donors (Lipinski definition) is 2. The van der Waals surface area contributed by atoms with Crippen molar-refractivity contribution in [1.82, 2.24) is 9.97 Å².